The molecule has 1 saturated heterocycles. The Morgan fingerprint density at radius 2 is 1.81 bits per heavy atom. The lowest BCUT2D eigenvalue weighted by molar-refractivity contribution is 0.215. The molecule has 2 aromatic rings. The lowest BCUT2D eigenvalue weighted by Gasteiger charge is -2.40. The molecular weight excluding hydrogens is 535 g/mol. The van der Waals surface area contributed by atoms with E-state index in [1.807, 2.05) is 0 Å². The average molecular weight is 571 g/mol. The molecule has 0 aromatic heterocycles. The lowest BCUT2D eigenvalue weighted by Crippen LogP contribution is -2.48. The number of hydrogen-bond acceptors (Lipinski definition) is 3. The quantitative estimate of drug-likeness (QED) is 0.300. The van der Waals surface area contributed by atoms with Crippen molar-refractivity contribution in [3.63, 3.8) is 0 Å². The highest BCUT2D eigenvalue weighted by atomic mass is 127. The maximum Gasteiger partial charge on any atom is 0.238 e. The molecule has 3 rings (SSSR count). The molecule has 2 aromatic carbocycles. The Bertz CT molecular complexity index is 965. The summed E-state index contributed by atoms with van der Waals surface area (Å²) >= 11 is 0. The highest BCUT2D eigenvalue weighted by Gasteiger charge is 2.30. The molecular formula is C24H35IN4O2S. The zero-order chi connectivity index (χ0) is 22.3. The standard InChI is InChI=1S/C24H34N4O2S.HI/c1-3-20-18-28(17-15-23(20)21-8-6-5-7-9-21)24(26-4-2)27-16-14-19-10-12-22(13-11-19)31(25,29)30;/h5-13,20,23H,3-4,14-18H2,1-2H3,(H,26,27)(H2,25,29,30);1H. The van der Waals surface area contributed by atoms with Crippen LogP contribution < -0.4 is 10.5 Å². The number of primary sulfonamides is 1. The van der Waals surface area contributed by atoms with Crippen molar-refractivity contribution in [2.45, 2.75) is 43.9 Å². The first-order valence-electron chi connectivity index (χ1n) is 11.1. The van der Waals surface area contributed by atoms with Crippen LogP contribution in [0.3, 0.4) is 0 Å². The Morgan fingerprint density at radius 1 is 1.12 bits per heavy atom. The van der Waals surface area contributed by atoms with Crippen molar-refractivity contribution in [2.24, 2.45) is 16.0 Å². The van der Waals surface area contributed by atoms with Gasteiger partial charge in [-0.3, -0.25) is 4.99 Å². The topological polar surface area (TPSA) is 87.8 Å². The van der Waals surface area contributed by atoms with Gasteiger partial charge >= 0.3 is 0 Å². The molecule has 0 amide bonds. The second-order valence-electron chi connectivity index (χ2n) is 8.09. The molecule has 0 radical (unpaired) electrons. The van der Waals surface area contributed by atoms with E-state index in [4.69, 9.17) is 10.1 Å². The van der Waals surface area contributed by atoms with Crippen LogP contribution in [0.2, 0.25) is 0 Å². The fourth-order valence-electron chi connectivity index (χ4n) is 4.34. The number of aliphatic imine (C=N–C) groups is 1. The van der Waals surface area contributed by atoms with Gasteiger partial charge in [0.2, 0.25) is 10.0 Å². The maximum absolute atomic E-state index is 11.4. The van der Waals surface area contributed by atoms with Gasteiger partial charge in [0.25, 0.3) is 0 Å². The van der Waals surface area contributed by atoms with Gasteiger partial charge < -0.3 is 10.2 Å². The monoisotopic (exact) mass is 570 g/mol. The van der Waals surface area contributed by atoms with Crippen molar-refractivity contribution in [3.05, 3.63) is 65.7 Å². The van der Waals surface area contributed by atoms with Gasteiger partial charge in [-0.2, -0.15) is 0 Å². The van der Waals surface area contributed by atoms with Gasteiger partial charge in [-0.25, -0.2) is 13.6 Å². The highest BCUT2D eigenvalue weighted by molar-refractivity contribution is 14.0. The predicted octanol–water partition coefficient (Wildman–Crippen LogP) is 3.98. The van der Waals surface area contributed by atoms with Crippen LogP contribution in [-0.2, 0) is 16.4 Å². The zero-order valence-corrected chi connectivity index (χ0v) is 22.1. The smallest absolute Gasteiger partial charge is 0.238 e. The molecule has 1 aliphatic heterocycles. The van der Waals surface area contributed by atoms with Gasteiger partial charge in [0.15, 0.2) is 5.96 Å². The summed E-state index contributed by atoms with van der Waals surface area (Å²) in [6, 6.07) is 17.6. The van der Waals surface area contributed by atoms with Gasteiger partial charge in [0.05, 0.1) is 4.90 Å². The summed E-state index contributed by atoms with van der Waals surface area (Å²) in [5, 5.41) is 8.62. The molecule has 1 heterocycles. The summed E-state index contributed by atoms with van der Waals surface area (Å²) < 4.78 is 22.8. The van der Waals surface area contributed by atoms with Gasteiger partial charge in [0, 0.05) is 26.2 Å². The second kappa shape index (κ2) is 12.6. The Balaban J connectivity index is 0.00000363. The third-order valence-corrected chi connectivity index (χ3v) is 6.96. The van der Waals surface area contributed by atoms with E-state index in [1.165, 1.54) is 5.56 Å². The van der Waals surface area contributed by atoms with E-state index in [1.54, 1.807) is 24.3 Å². The van der Waals surface area contributed by atoms with E-state index in [-0.39, 0.29) is 28.9 Å². The molecule has 1 aliphatic rings. The number of rotatable bonds is 7. The molecule has 8 heteroatoms. The van der Waals surface area contributed by atoms with Gasteiger partial charge in [-0.15, -0.1) is 24.0 Å². The molecule has 0 saturated carbocycles. The van der Waals surface area contributed by atoms with Crippen LogP contribution in [-0.4, -0.2) is 45.5 Å². The number of piperidine rings is 1. The first-order valence-corrected chi connectivity index (χ1v) is 12.7. The Labute approximate surface area is 209 Å². The molecule has 2 unspecified atom stereocenters. The van der Waals surface area contributed by atoms with Gasteiger partial charge in [-0.05, 0) is 54.9 Å². The first-order chi connectivity index (χ1) is 14.9. The molecule has 0 spiro atoms. The fraction of sp³-hybridized carbons (Fsp3) is 0.458. The first kappa shape index (κ1) is 26.6. The Morgan fingerprint density at radius 3 is 2.41 bits per heavy atom. The average Bonchev–Trinajstić information content (AvgIpc) is 2.78. The third-order valence-electron chi connectivity index (χ3n) is 6.03. The Hall–Kier alpha value is -1.65. The molecule has 176 valence electrons. The number of benzene rings is 2. The zero-order valence-electron chi connectivity index (χ0n) is 18.9. The second-order valence-corrected chi connectivity index (χ2v) is 9.66. The molecule has 0 bridgehead atoms. The van der Waals surface area contributed by atoms with E-state index < -0.39 is 10.0 Å². The van der Waals surface area contributed by atoms with E-state index in [9.17, 15) is 8.42 Å². The summed E-state index contributed by atoms with van der Waals surface area (Å²) in [5.74, 6) is 2.17. The highest BCUT2D eigenvalue weighted by Crippen LogP contribution is 2.34. The summed E-state index contributed by atoms with van der Waals surface area (Å²) in [6.45, 7) is 7.84. The number of hydrogen-bond donors (Lipinski definition) is 2. The number of guanidine groups is 1. The van der Waals surface area contributed by atoms with Crippen LogP contribution in [0.4, 0.5) is 0 Å². The normalized spacial score (nSPS) is 19.3. The number of sulfonamides is 1. The molecule has 32 heavy (non-hydrogen) atoms. The third kappa shape index (κ3) is 7.18. The molecule has 1 fully saturated rings. The minimum atomic E-state index is -3.65. The summed E-state index contributed by atoms with van der Waals surface area (Å²) in [4.78, 5) is 7.39. The van der Waals surface area contributed by atoms with E-state index in [0.29, 0.717) is 18.4 Å². The van der Waals surface area contributed by atoms with E-state index in [0.717, 1.165) is 50.4 Å². The van der Waals surface area contributed by atoms with Crippen LogP contribution in [0.1, 0.15) is 43.7 Å². The van der Waals surface area contributed by atoms with Crippen LogP contribution in [0.5, 0.6) is 0 Å². The van der Waals surface area contributed by atoms with Crippen molar-refractivity contribution in [2.75, 3.05) is 26.2 Å². The van der Waals surface area contributed by atoms with Crippen LogP contribution in [0.25, 0.3) is 0 Å². The summed E-state index contributed by atoms with van der Waals surface area (Å²) in [5.41, 5.74) is 2.49. The van der Waals surface area contributed by atoms with Crippen molar-refractivity contribution in [3.8, 4) is 0 Å². The molecule has 2 atom stereocenters. The van der Waals surface area contributed by atoms with Gasteiger partial charge in [0.1, 0.15) is 0 Å². The van der Waals surface area contributed by atoms with Crippen molar-refractivity contribution < 1.29 is 8.42 Å². The fourth-order valence-corrected chi connectivity index (χ4v) is 4.86. The van der Waals surface area contributed by atoms with Crippen molar-refractivity contribution >= 4 is 40.0 Å². The largest absolute Gasteiger partial charge is 0.357 e. The number of likely N-dealkylation sites (tertiary alicyclic amines) is 1. The molecule has 6 nitrogen and oxygen atoms in total. The maximum atomic E-state index is 11.4. The number of nitrogens with two attached hydrogens (primary N) is 1. The number of nitrogens with one attached hydrogen (secondary N) is 1. The van der Waals surface area contributed by atoms with Crippen molar-refractivity contribution in [1.82, 2.24) is 10.2 Å². The van der Waals surface area contributed by atoms with E-state index in [2.05, 4.69) is 54.4 Å². The van der Waals surface area contributed by atoms with Crippen LogP contribution in [0.15, 0.2) is 64.5 Å². The predicted molar refractivity (Wildman–Crippen MR) is 142 cm³/mol. The number of nitrogens with zero attached hydrogens (tertiary/aromatic N) is 2. The van der Waals surface area contributed by atoms with Crippen LogP contribution >= 0.6 is 24.0 Å². The summed E-state index contributed by atoms with van der Waals surface area (Å²) in [7, 11) is -3.65. The minimum Gasteiger partial charge on any atom is -0.357 e. The van der Waals surface area contributed by atoms with Crippen molar-refractivity contribution in [1.29, 1.82) is 0 Å². The van der Waals surface area contributed by atoms with E-state index >= 15 is 0 Å². The Kier molecular flexibility index (Phi) is 10.4. The molecule has 3 N–H and O–H groups in total. The summed E-state index contributed by atoms with van der Waals surface area (Å²) in [6.07, 6.45) is 3.02. The number of halogens is 1. The van der Waals surface area contributed by atoms with Crippen LogP contribution in [0, 0.1) is 5.92 Å². The SMILES string of the molecule is CCNC(=NCCc1ccc(S(N)(=O)=O)cc1)N1CCC(c2ccccc2)C(CC)C1.I. The molecule has 0 aliphatic carbocycles. The minimum absolute atomic E-state index is 0. The van der Waals surface area contributed by atoms with Gasteiger partial charge in [-0.1, -0.05) is 55.8 Å². The lowest BCUT2D eigenvalue weighted by atomic mass is 9.79.